The maximum absolute atomic E-state index is 9.15. The fourth-order valence-electron chi connectivity index (χ4n) is 0.882. The van der Waals surface area contributed by atoms with Crippen LogP contribution in [0.25, 0.3) is 0 Å². The van der Waals surface area contributed by atoms with Crippen LogP contribution in [0, 0.1) is 0 Å². The molecule has 1 aliphatic heterocycles. The third-order valence-electron chi connectivity index (χ3n) is 1.39. The van der Waals surface area contributed by atoms with Crippen molar-refractivity contribution in [1.29, 1.82) is 0 Å². The summed E-state index contributed by atoms with van der Waals surface area (Å²) < 4.78 is 10.1. The van der Waals surface area contributed by atoms with Gasteiger partial charge in [-0.15, -0.1) is 6.58 Å². The van der Waals surface area contributed by atoms with Crippen LogP contribution in [0.15, 0.2) is 12.7 Å². The number of hydrogen-bond acceptors (Lipinski definition) is 4. The summed E-state index contributed by atoms with van der Waals surface area (Å²) in [6.45, 7) is 5.14. The van der Waals surface area contributed by atoms with E-state index in [4.69, 9.17) is 14.6 Å². The van der Waals surface area contributed by atoms with Crippen LogP contribution in [0.2, 0.25) is 0 Å². The summed E-state index contributed by atoms with van der Waals surface area (Å²) >= 11 is 0. The van der Waals surface area contributed by atoms with Gasteiger partial charge in [0, 0.05) is 36.1 Å². The van der Waals surface area contributed by atoms with Crippen molar-refractivity contribution in [2.24, 2.45) is 0 Å². The van der Waals surface area contributed by atoms with Crippen molar-refractivity contribution in [3.05, 3.63) is 12.7 Å². The van der Waals surface area contributed by atoms with Gasteiger partial charge in [-0.05, 0) is 0 Å². The van der Waals surface area contributed by atoms with E-state index in [1.807, 2.05) is 0 Å². The smallest absolute Gasteiger partial charge is 0.195 e. The molecule has 0 aliphatic carbocycles. The summed E-state index contributed by atoms with van der Waals surface area (Å²) in [5.41, 5.74) is 0. The maximum atomic E-state index is 9.15. The van der Waals surface area contributed by atoms with Crippen molar-refractivity contribution >= 4 is 29.6 Å². The quantitative estimate of drug-likeness (QED) is 0.437. The molecule has 0 aromatic heterocycles. The molecule has 12 heavy (non-hydrogen) atoms. The molecule has 0 amide bonds. The summed E-state index contributed by atoms with van der Waals surface area (Å²) in [6.07, 6.45) is 0.355. The van der Waals surface area contributed by atoms with E-state index in [0.29, 0.717) is 19.8 Å². The third-order valence-corrected chi connectivity index (χ3v) is 1.39. The van der Waals surface area contributed by atoms with Crippen LogP contribution in [-0.4, -0.2) is 66.9 Å². The molecule has 1 radical (unpaired) electrons. The summed E-state index contributed by atoms with van der Waals surface area (Å²) in [5, 5.41) is 12.1. The van der Waals surface area contributed by atoms with Crippen molar-refractivity contribution in [2.75, 3.05) is 19.8 Å². The molecule has 1 rings (SSSR count). The second-order valence-corrected chi connectivity index (χ2v) is 2.26. The van der Waals surface area contributed by atoms with E-state index in [0.717, 1.165) is 0 Å². The molecule has 65 valence electrons. The number of ether oxygens (including phenoxy) is 2. The number of nitrogens with one attached hydrogen (secondary N) is 1. The molecule has 2 unspecified atom stereocenters. The largest absolute Gasteiger partial charge is 0.365 e. The molecule has 4 nitrogen and oxygen atoms in total. The number of aliphatic hydroxyl groups is 1. The molecule has 1 saturated heterocycles. The predicted molar refractivity (Wildman–Crippen MR) is 45.7 cm³/mol. The predicted octanol–water partition coefficient (Wildman–Crippen LogP) is -0.928. The third kappa shape index (κ3) is 4.00. The van der Waals surface area contributed by atoms with Crippen LogP contribution in [-0.2, 0) is 9.47 Å². The van der Waals surface area contributed by atoms with Crippen molar-refractivity contribution in [3.8, 4) is 0 Å². The minimum Gasteiger partial charge on any atom is -0.365 e. The fourth-order valence-corrected chi connectivity index (χ4v) is 0.882. The average molecular weight is 182 g/mol. The molecule has 1 fully saturated rings. The van der Waals surface area contributed by atoms with E-state index in [-0.39, 0.29) is 29.6 Å². The van der Waals surface area contributed by atoms with E-state index in [2.05, 4.69) is 11.9 Å². The van der Waals surface area contributed by atoms with Gasteiger partial charge in [-0.25, -0.2) is 0 Å². The average Bonchev–Trinajstić information content (AvgIpc) is 2.03. The topological polar surface area (TPSA) is 50.7 Å². The van der Waals surface area contributed by atoms with Gasteiger partial charge < -0.3 is 14.6 Å². The SMILES string of the molecule is C=CCOC1NCCOC1O.[Na]. The fraction of sp³-hybridized carbons (Fsp3) is 0.714. The van der Waals surface area contributed by atoms with Crippen molar-refractivity contribution in [3.63, 3.8) is 0 Å². The number of hydrogen-bond donors (Lipinski definition) is 2. The molecular weight excluding hydrogens is 169 g/mol. The first-order chi connectivity index (χ1) is 5.34. The van der Waals surface area contributed by atoms with Crippen molar-refractivity contribution < 1.29 is 14.6 Å². The Morgan fingerprint density at radius 3 is 3.08 bits per heavy atom. The van der Waals surface area contributed by atoms with Crippen LogP contribution in [0.5, 0.6) is 0 Å². The summed E-state index contributed by atoms with van der Waals surface area (Å²) in [4.78, 5) is 0. The molecule has 2 N–H and O–H groups in total. The monoisotopic (exact) mass is 182 g/mol. The normalized spacial score (nSPS) is 29.1. The molecule has 0 aromatic carbocycles. The van der Waals surface area contributed by atoms with Gasteiger partial charge in [-0.1, -0.05) is 6.08 Å². The zero-order valence-electron chi connectivity index (χ0n) is 7.32. The molecule has 0 spiro atoms. The first-order valence-electron chi connectivity index (χ1n) is 3.60. The minimum absolute atomic E-state index is 0. The molecule has 1 aliphatic rings. The van der Waals surface area contributed by atoms with E-state index >= 15 is 0 Å². The summed E-state index contributed by atoms with van der Waals surface area (Å²) in [6, 6.07) is 0. The molecule has 2 atom stereocenters. The molecule has 0 bridgehead atoms. The molecule has 0 aromatic rings. The van der Waals surface area contributed by atoms with E-state index in [9.17, 15) is 0 Å². The summed E-state index contributed by atoms with van der Waals surface area (Å²) in [7, 11) is 0. The molecule has 1 heterocycles. The second kappa shape index (κ2) is 7.03. The number of morpholine rings is 1. The van der Waals surface area contributed by atoms with Gasteiger partial charge in [0.2, 0.25) is 0 Å². The Bertz CT molecular complexity index is 134. The van der Waals surface area contributed by atoms with Gasteiger partial charge in [-0.3, -0.25) is 5.32 Å². The first kappa shape index (κ1) is 12.6. The Kier molecular flexibility index (Phi) is 7.37. The Morgan fingerprint density at radius 1 is 1.75 bits per heavy atom. The van der Waals surface area contributed by atoms with Gasteiger partial charge in [0.25, 0.3) is 0 Å². The maximum Gasteiger partial charge on any atom is 0.195 e. The standard InChI is InChI=1S/C7H13NO3.Na/c1-2-4-10-6-7(9)11-5-3-8-6;/h2,6-9H,1,3-5H2;. The van der Waals surface area contributed by atoms with Gasteiger partial charge >= 0.3 is 0 Å². The Labute approximate surface area is 94.2 Å². The first-order valence-corrected chi connectivity index (χ1v) is 3.60. The van der Waals surface area contributed by atoms with E-state index in [1.54, 1.807) is 6.08 Å². The van der Waals surface area contributed by atoms with Gasteiger partial charge in [-0.2, -0.15) is 0 Å². The molecule has 0 saturated carbocycles. The van der Waals surface area contributed by atoms with Gasteiger partial charge in [0.1, 0.15) is 0 Å². The van der Waals surface area contributed by atoms with Gasteiger partial charge in [0.05, 0.1) is 13.2 Å². The zero-order chi connectivity index (χ0) is 8.10. The van der Waals surface area contributed by atoms with Crippen LogP contribution < -0.4 is 5.32 Å². The zero-order valence-corrected chi connectivity index (χ0v) is 9.32. The minimum atomic E-state index is -0.858. The van der Waals surface area contributed by atoms with Crippen molar-refractivity contribution in [2.45, 2.75) is 12.5 Å². The Balaban J connectivity index is 0.00000121. The van der Waals surface area contributed by atoms with Crippen molar-refractivity contribution in [1.82, 2.24) is 5.32 Å². The second-order valence-electron chi connectivity index (χ2n) is 2.26. The summed E-state index contributed by atoms with van der Waals surface area (Å²) in [5.74, 6) is 0. The molecular formula is C7H13NNaO3. The van der Waals surface area contributed by atoms with E-state index in [1.165, 1.54) is 0 Å². The van der Waals surface area contributed by atoms with Crippen LogP contribution in [0.1, 0.15) is 0 Å². The molecule has 5 heteroatoms. The number of rotatable bonds is 3. The Hall–Kier alpha value is 0.580. The van der Waals surface area contributed by atoms with Crippen LogP contribution >= 0.6 is 0 Å². The van der Waals surface area contributed by atoms with E-state index < -0.39 is 12.5 Å². The van der Waals surface area contributed by atoms with Gasteiger partial charge in [0.15, 0.2) is 12.5 Å². The van der Waals surface area contributed by atoms with Crippen LogP contribution in [0.3, 0.4) is 0 Å². The Morgan fingerprint density at radius 2 is 2.50 bits per heavy atom. The number of aliphatic hydroxyl groups excluding tert-OH is 1. The van der Waals surface area contributed by atoms with Crippen LogP contribution in [0.4, 0.5) is 0 Å².